The third kappa shape index (κ3) is 1.75. The van der Waals surface area contributed by atoms with Crippen LogP contribution in [0.2, 0.25) is 5.02 Å². The van der Waals surface area contributed by atoms with Crippen molar-refractivity contribution in [3.63, 3.8) is 0 Å². The minimum atomic E-state index is -0.360. The maximum Gasteiger partial charge on any atom is 0.236 e. The first kappa shape index (κ1) is 10.2. The maximum atomic E-state index is 11.7. The minimum absolute atomic E-state index is 0.134. The van der Waals surface area contributed by atoms with Gasteiger partial charge in [-0.1, -0.05) is 23.7 Å². The van der Waals surface area contributed by atoms with E-state index in [1.807, 2.05) is 6.07 Å². The van der Waals surface area contributed by atoms with E-state index in [9.17, 15) is 9.59 Å². The topological polar surface area (TPSA) is 37.4 Å². The summed E-state index contributed by atoms with van der Waals surface area (Å²) < 4.78 is 0. The smallest absolute Gasteiger partial charge is 0.236 e. The summed E-state index contributed by atoms with van der Waals surface area (Å²) in [5.74, 6) is -0.645. The van der Waals surface area contributed by atoms with E-state index in [1.54, 1.807) is 18.2 Å². The number of benzene rings is 1. The van der Waals surface area contributed by atoms with Gasteiger partial charge in [0.2, 0.25) is 11.8 Å². The summed E-state index contributed by atoms with van der Waals surface area (Å²) in [6, 6.07) is 7.08. The molecule has 1 fully saturated rings. The van der Waals surface area contributed by atoms with E-state index in [0.29, 0.717) is 5.02 Å². The lowest BCUT2D eigenvalue weighted by Gasteiger charge is -2.08. The third-order valence-electron chi connectivity index (χ3n) is 2.63. The van der Waals surface area contributed by atoms with Gasteiger partial charge in [-0.15, -0.1) is 0 Å². The van der Waals surface area contributed by atoms with Crippen molar-refractivity contribution in [3.8, 4) is 0 Å². The molecule has 1 heterocycles. The maximum absolute atomic E-state index is 11.7. The molecule has 0 aliphatic carbocycles. The zero-order chi connectivity index (χ0) is 11.0. The van der Waals surface area contributed by atoms with Gasteiger partial charge in [-0.05, 0) is 17.7 Å². The monoisotopic (exact) mass is 223 g/mol. The molecule has 0 aromatic heterocycles. The summed E-state index contributed by atoms with van der Waals surface area (Å²) in [6.07, 6.45) is 0.246. The van der Waals surface area contributed by atoms with Crippen molar-refractivity contribution in [1.29, 1.82) is 0 Å². The van der Waals surface area contributed by atoms with Crippen LogP contribution < -0.4 is 0 Å². The summed E-state index contributed by atoms with van der Waals surface area (Å²) >= 11 is 5.83. The minimum Gasteiger partial charge on any atom is -0.285 e. The highest BCUT2D eigenvalue weighted by Crippen LogP contribution is 2.29. The predicted octanol–water partition coefficient (Wildman–Crippen LogP) is 1.81. The molecule has 1 aliphatic rings. The van der Waals surface area contributed by atoms with E-state index in [4.69, 9.17) is 11.6 Å². The lowest BCUT2D eigenvalue weighted by atomic mass is 9.98. The Hall–Kier alpha value is -1.35. The Morgan fingerprint density at radius 1 is 1.40 bits per heavy atom. The van der Waals surface area contributed by atoms with E-state index in [2.05, 4.69) is 0 Å². The van der Waals surface area contributed by atoms with Gasteiger partial charge in [-0.25, -0.2) is 0 Å². The first-order valence-electron chi connectivity index (χ1n) is 4.65. The van der Waals surface area contributed by atoms with Crippen molar-refractivity contribution in [3.05, 3.63) is 34.9 Å². The number of nitrogens with zero attached hydrogens (tertiary/aromatic N) is 1. The number of hydrogen-bond donors (Lipinski definition) is 0. The molecule has 0 spiro atoms. The fraction of sp³-hybridized carbons (Fsp3) is 0.273. The number of carbonyl (C=O) groups excluding carboxylic acids is 2. The average Bonchev–Trinajstić information content (AvgIpc) is 2.46. The molecule has 15 heavy (non-hydrogen) atoms. The summed E-state index contributed by atoms with van der Waals surface area (Å²) in [6.45, 7) is 0. The van der Waals surface area contributed by atoms with Crippen molar-refractivity contribution in [2.45, 2.75) is 12.3 Å². The number of likely N-dealkylation sites (N-methyl/N-ethyl adjacent to an activating group) is 1. The predicted molar refractivity (Wildman–Crippen MR) is 56.6 cm³/mol. The van der Waals surface area contributed by atoms with Crippen LogP contribution in [0.25, 0.3) is 0 Å². The van der Waals surface area contributed by atoms with Gasteiger partial charge in [0.25, 0.3) is 0 Å². The largest absolute Gasteiger partial charge is 0.285 e. The van der Waals surface area contributed by atoms with Crippen LogP contribution in [-0.4, -0.2) is 23.8 Å². The molecular formula is C11H10ClNO2. The number of hydrogen-bond acceptors (Lipinski definition) is 2. The quantitative estimate of drug-likeness (QED) is 0.681. The molecule has 0 N–H and O–H groups in total. The molecule has 2 rings (SSSR count). The van der Waals surface area contributed by atoms with Crippen molar-refractivity contribution < 1.29 is 9.59 Å². The van der Waals surface area contributed by atoms with Crippen molar-refractivity contribution in [1.82, 2.24) is 4.90 Å². The van der Waals surface area contributed by atoms with Crippen LogP contribution in [0, 0.1) is 0 Å². The molecule has 0 radical (unpaired) electrons. The molecule has 1 aliphatic heterocycles. The van der Waals surface area contributed by atoms with Gasteiger partial charge >= 0.3 is 0 Å². The Morgan fingerprint density at radius 2 is 2.13 bits per heavy atom. The van der Waals surface area contributed by atoms with Crippen molar-refractivity contribution in [2.75, 3.05) is 7.05 Å². The van der Waals surface area contributed by atoms with E-state index in [0.717, 1.165) is 5.56 Å². The second-order valence-electron chi connectivity index (χ2n) is 3.60. The number of carbonyl (C=O) groups is 2. The van der Waals surface area contributed by atoms with Crippen LogP contribution in [0.15, 0.2) is 24.3 Å². The van der Waals surface area contributed by atoms with Crippen molar-refractivity contribution in [2.24, 2.45) is 0 Å². The van der Waals surface area contributed by atoms with Gasteiger partial charge in [-0.3, -0.25) is 14.5 Å². The van der Waals surface area contributed by atoms with Crippen LogP contribution in [0.1, 0.15) is 17.9 Å². The molecule has 0 bridgehead atoms. The lowest BCUT2D eigenvalue weighted by molar-refractivity contribution is -0.137. The molecular weight excluding hydrogens is 214 g/mol. The first-order chi connectivity index (χ1) is 7.09. The zero-order valence-electron chi connectivity index (χ0n) is 8.24. The number of likely N-dealkylation sites (tertiary alicyclic amines) is 1. The lowest BCUT2D eigenvalue weighted by Crippen LogP contribution is -2.25. The summed E-state index contributed by atoms with van der Waals surface area (Å²) in [5.41, 5.74) is 0.810. The Balaban J connectivity index is 2.33. The number of halogens is 1. The fourth-order valence-electron chi connectivity index (χ4n) is 1.74. The second kappa shape index (κ2) is 3.66. The van der Waals surface area contributed by atoms with Gasteiger partial charge in [-0.2, -0.15) is 0 Å². The molecule has 4 heteroatoms. The molecule has 78 valence electrons. The van der Waals surface area contributed by atoms with Crippen LogP contribution >= 0.6 is 11.6 Å². The summed E-state index contributed by atoms with van der Waals surface area (Å²) in [4.78, 5) is 24.2. The van der Waals surface area contributed by atoms with E-state index >= 15 is 0 Å². The molecule has 1 atom stereocenters. The van der Waals surface area contributed by atoms with Gasteiger partial charge in [0, 0.05) is 18.5 Å². The Bertz CT molecular complexity index is 430. The number of amides is 2. The van der Waals surface area contributed by atoms with Gasteiger partial charge in [0.15, 0.2) is 0 Å². The van der Waals surface area contributed by atoms with Crippen LogP contribution in [0.5, 0.6) is 0 Å². The Kier molecular flexibility index (Phi) is 2.49. The highest BCUT2D eigenvalue weighted by Gasteiger charge is 2.36. The molecule has 1 aromatic rings. The van der Waals surface area contributed by atoms with Crippen LogP contribution in [0.3, 0.4) is 0 Å². The molecule has 3 nitrogen and oxygen atoms in total. The second-order valence-corrected chi connectivity index (χ2v) is 4.04. The molecule has 1 aromatic carbocycles. The summed E-state index contributed by atoms with van der Waals surface area (Å²) in [5, 5.41) is 0.585. The molecule has 0 saturated carbocycles. The van der Waals surface area contributed by atoms with Crippen LogP contribution in [-0.2, 0) is 9.59 Å². The van der Waals surface area contributed by atoms with Gasteiger partial charge < -0.3 is 0 Å². The number of rotatable bonds is 1. The Morgan fingerprint density at radius 3 is 2.67 bits per heavy atom. The normalized spacial score (nSPS) is 21.2. The first-order valence-corrected chi connectivity index (χ1v) is 5.03. The third-order valence-corrected chi connectivity index (χ3v) is 2.87. The van der Waals surface area contributed by atoms with Gasteiger partial charge in [0.05, 0.1) is 5.92 Å². The van der Waals surface area contributed by atoms with Gasteiger partial charge in [0.1, 0.15) is 0 Å². The molecule has 0 unspecified atom stereocenters. The molecule has 1 saturated heterocycles. The fourth-order valence-corrected chi connectivity index (χ4v) is 1.94. The standard InChI is InChI=1S/C11H10ClNO2/c1-13-10(14)6-9(11(13)15)7-3-2-4-8(12)5-7/h2-5,9H,6H2,1H3/t9-/m1/s1. The highest BCUT2D eigenvalue weighted by atomic mass is 35.5. The molecule has 2 amide bonds. The van der Waals surface area contributed by atoms with E-state index in [1.165, 1.54) is 11.9 Å². The van der Waals surface area contributed by atoms with Crippen molar-refractivity contribution >= 4 is 23.4 Å². The SMILES string of the molecule is CN1C(=O)C[C@H](c2cccc(Cl)c2)C1=O. The summed E-state index contributed by atoms with van der Waals surface area (Å²) in [7, 11) is 1.51. The van der Waals surface area contributed by atoms with E-state index < -0.39 is 0 Å². The highest BCUT2D eigenvalue weighted by molar-refractivity contribution is 6.30. The number of imide groups is 1. The Labute approximate surface area is 92.6 Å². The zero-order valence-corrected chi connectivity index (χ0v) is 8.99. The van der Waals surface area contributed by atoms with E-state index in [-0.39, 0.29) is 24.2 Å². The average molecular weight is 224 g/mol. The van der Waals surface area contributed by atoms with Crippen LogP contribution in [0.4, 0.5) is 0 Å².